The van der Waals surface area contributed by atoms with Crippen molar-refractivity contribution in [2.45, 2.75) is 32.3 Å². The van der Waals surface area contributed by atoms with Crippen molar-refractivity contribution >= 4 is 10.0 Å². The van der Waals surface area contributed by atoms with Gasteiger partial charge in [-0.2, -0.15) is 0 Å². The lowest BCUT2D eigenvalue weighted by Crippen LogP contribution is -2.58. The largest absolute Gasteiger partial charge is 0.384 e. The second-order valence-electron chi connectivity index (χ2n) is 5.28. The fraction of sp³-hybridized carbons (Fsp3) is 1.00. The van der Waals surface area contributed by atoms with Gasteiger partial charge in [-0.1, -0.05) is 0 Å². The third kappa shape index (κ3) is 2.57. The van der Waals surface area contributed by atoms with E-state index in [2.05, 4.69) is 0 Å². The molecule has 0 aromatic heterocycles. The Labute approximate surface area is 109 Å². The van der Waals surface area contributed by atoms with Crippen LogP contribution in [0.3, 0.4) is 0 Å². The van der Waals surface area contributed by atoms with Gasteiger partial charge in [-0.25, -0.2) is 12.7 Å². The lowest BCUT2D eigenvalue weighted by molar-refractivity contribution is -0.137. The fourth-order valence-electron chi connectivity index (χ4n) is 3.17. The number of rotatable bonds is 4. The van der Waals surface area contributed by atoms with Gasteiger partial charge in [0.15, 0.2) is 0 Å². The standard InChI is InChI=1S/C12H23NO4S/c1-3-18(14,15)13-7-5-11-12(9-13,10-16-2)6-4-8-17-11/h11H,3-10H2,1-2H3/t11-,12+/m0/s1. The highest BCUT2D eigenvalue weighted by Crippen LogP contribution is 2.41. The quantitative estimate of drug-likeness (QED) is 0.764. The van der Waals surface area contributed by atoms with Crippen LogP contribution in [0.15, 0.2) is 0 Å². The first-order chi connectivity index (χ1) is 8.54. The first-order valence-electron chi connectivity index (χ1n) is 6.62. The van der Waals surface area contributed by atoms with Gasteiger partial charge in [-0.05, 0) is 26.2 Å². The van der Waals surface area contributed by atoms with E-state index < -0.39 is 10.0 Å². The van der Waals surface area contributed by atoms with Crippen molar-refractivity contribution in [3.8, 4) is 0 Å². The molecule has 0 aromatic rings. The molecule has 106 valence electrons. The van der Waals surface area contributed by atoms with E-state index in [1.54, 1.807) is 18.3 Å². The number of methoxy groups -OCH3 is 1. The van der Waals surface area contributed by atoms with Gasteiger partial charge in [0.2, 0.25) is 10.0 Å². The molecule has 2 fully saturated rings. The summed E-state index contributed by atoms with van der Waals surface area (Å²) in [6.45, 7) is 4.18. The average Bonchev–Trinajstić information content (AvgIpc) is 2.38. The molecular formula is C12H23NO4S. The summed E-state index contributed by atoms with van der Waals surface area (Å²) in [5.74, 6) is 0.168. The van der Waals surface area contributed by atoms with Crippen molar-refractivity contribution in [2.75, 3.05) is 39.2 Å². The Balaban J connectivity index is 2.19. The number of nitrogens with zero attached hydrogens (tertiary/aromatic N) is 1. The minimum atomic E-state index is -3.11. The highest BCUT2D eigenvalue weighted by molar-refractivity contribution is 7.89. The molecule has 2 aliphatic rings. The maximum atomic E-state index is 12.0. The summed E-state index contributed by atoms with van der Waals surface area (Å²) in [6.07, 6.45) is 2.90. The van der Waals surface area contributed by atoms with E-state index in [0.29, 0.717) is 19.7 Å². The molecule has 2 heterocycles. The van der Waals surface area contributed by atoms with Gasteiger partial charge in [0.05, 0.1) is 18.5 Å². The topological polar surface area (TPSA) is 55.8 Å². The molecule has 2 aliphatic heterocycles. The first kappa shape index (κ1) is 14.2. The van der Waals surface area contributed by atoms with Crippen molar-refractivity contribution in [3.63, 3.8) is 0 Å². The molecule has 5 nitrogen and oxygen atoms in total. The summed E-state index contributed by atoms with van der Waals surface area (Å²) < 4.78 is 36.8. The van der Waals surface area contributed by atoms with E-state index in [9.17, 15) is 8.42 Å². The van der Waals surface area contributed by atoms with E-state index in [1.807, 2.05) is 0 Å². The van der Waals surface area contributed by atoms with Crippen LogP contribution in [0, 0.1) is 5.41 Å². The molecule has 0 aliphatic carbocycles. The SMILES string of the molecule is CCS(=O)(=O)N1CC[C@@H]2OCCC[C@]2(COC)C1. The molecule has 0 bridgehead atoms. The number of hydrogen-bond acceptors (Lipinski definition) is 4. The van der Waals surface area contributed by atoms with Gasteiger partial charge in [0, 0.05) is 32.2 Å². The first-order valence-corrected chi connectivity index (χ1v) is 8.23. The third-order valence-electron chi connectivity index (χ3n) is 4.14. The van der Waals surface area contributed by atoms with Crippen LogP contribution in [0.2, 0.25) is 0 Å². The van der Waals surface area contributed by atoms with Crippen molar-refractivity contribution in [2.24, 2.45) is 5.41 Å². The zero-order chi connectivity index (χ0) is 13.2. The molecule has 0 amide bonds. The van der Waals surface area contributed by atoms with Crippen LogP contribution < -0.4 is 0 Å². The van der Waals surface area contributed by atoms with Crippen LogP contribution in [0.25, 0.3) is 0 Å². The molecule has 6 heteroatoms. The second kappa shape index (κ2) is 5.45. The molecule has 0 N–H and O–H groups in total. The summed E-state index contributed by atoms with van der Waals surface area (Å²) >= 11 is 0. The van der Waals surface area contributed by atoms with Crippen molar-refractivity contribution in [1.29, 1.82) is 0 Å². The highest BCUT2D eigenvalue weighted by atomic mass is 32.2. The minimum absolute atomic E-state index is 0.145. The summed E-state index contributed by atoms with van der Waals surface area (Å²) in [4.78, 5) is 0. The number of piperidine rings is 1. The van der Waals surface area contributed by atoms with E-state index in [1.165, 1.54) is 0 Å². The fourth-order valence-corrected chi connectivity index (χ4v) is 4.37. The monoisotopic (exact) mass is 277 g/mol. The van der Waals surface area contributed by atoms with Crippen LogP contribution in [-0.2, 0) is 19.5 Å². The Hall–Kier alpha value is -0.170. The summed E-state index contributed by atoms with van der Waals surface area (Å²) in [5.41, 5.74) is -0.145. The smallest absolute Gasteiger partial charge is 0.213 e. The number of ether oxygens (including phenoxy) is 2. The van der Waals surface area contributed by atoms with Crippen LogP contribution in [-0.4, -0.2) is 58.0 Å². The molecule has 2 atom stereocenters. The Morgan fingerprint density at radius 3 is 2.94 bits per heavy atom. The number of fused-ring (bicyclic) bond motifs is 1. The van der Waals surface area contributed by atoms with Gasteiger partial charge in [-0.3, -0.25) is 0 Å². The normalized spacial score (nSPS) is 34.2. The van der Waals surface area contributed by atoms with Crippen molar-refractivity contribution in [1.82, 2.24) is 4.31 Å². The molecule has 2 saturated heterocycles. The lowest BCUT2D eigenvalue weighted by atomic mass is 9.73. The molecule has 0 saturated carbocycles. The molecule has 0 unspecified atom stereocenters. The predicted octanol–water partition coefficient (Wildman–Crippen LogP) is 0.854. The maximum absolute atomic E-state index is 12.0. The number of sulfonamides is 1. The molecule has 0 aromatic carbocycles. The number of hydrogen-bond donors (Lipinski definition) is 0. The molecular weight excluding hydrogens is 254 g/mol. The van der Waals surface area contributed by atoms with E-state index in [4.69, 9.17) is 9.47 Å². The predicted molar refractivity (Wildman–Crippen MR) is 68.9 cm³/mol. The Kier molecular flexibility index (Phi) is 4.31. The van der Waals surface area contributed by atoms with Gasteiger partial charge in [0.1, 0.15) is 0 Å². The minimum Gasteiger partial charge on any atom is -0.384 e. The van der Waals surface area contributed by atoms with Crippen molar-refractivity contribution in [3.05, 3.63) is 0 Å². The Bertz CT molecular complexity index is 380. The Morgan fingerprint density at radius 1 is 1.50 bits per heavy atom. The van der Waals surface area contributed by atoms with Gasteiger partial charge in [-0.15, -0.1) is 0 Å². The highest BCUT2D eigenvalue weighted by Gasteiger charge is 2.48. The van der Waals surface area contributed by atoms with E-state index >= 15 is 0 Å². The van der Waals surface area contributed by atoms with E-state index in [0.717, 1.165) is 25.9 Å². The molecule has 18 heavy (non-hydrogen) atoms. The van der Waals surface area contributed by atoms with E-state index in [-0.39, 0.29) is 17.3 Å². The second-order valence-corrected chi connectivity index (χ2v) is 7.54. The molecule has 2 rings (SSSR count). The maximum Gasteiger partial charge on any atom is 0.213 e. The molecule has 0 radical (unpaired) electrons. The van der Waals surface area contributed by atoms with Crippen LogP contribution in [0.5, 0.6) is 0 Å². The van der Waals surface area contributed by atoms with Gasteiger partial charge in [0.25, 0.3) is 0 Å². The van der Waals surface area contributed by atoms with Crippen molar-refractivity contribution < 1.29 is 17.9 Å². The van der Waals surface area contributed by atoms with Gasteiger partial charge < -0.3 is 9.47 Å². The van der Waals surface area contributed by atoms with Crippen LogP contribution in [0.1, 0.15) is 26.2 Å². The molecule has 0 spiro atoms. The zero-order valence-corrected chi connectivity index (χ0v) is 12.0. The average molecular weight is 277 g/mol. The Morgan fingerprint density at radius 2 is 2.28 bits per heavy atom. The summed E-state index contributed by atoms with van der Waals surface area (Å²) in [7, 11) is -1.43. The summed E-state index contributed by atoms with van der Waals surface area (Å²) in [5, 5.41) is 0. The van der Waals surface area contributed by atoms with Gasteiger partial charge >= 0.3 is 0 Å². The van der Waals surface area contributed by atoms with Crippen LogP contribution in [0.4, 0.5) is 0 Å². The lowest BCUT2D eigenvalue weighted by Gasteiger charge is -2.49. The third-order valence-corrected chi connectivity index (χ3v) is 5.97. The van der Waals surface area contributed by atoms with Crippen LogP contribution >= 0.6 is 0 Å². The summed E-state index contributed by atoms with van der Waals surface area (Å²) in [6, 6.07) is 0. The zero-order valence-electron chi connectivity index (χ0n) is 11.2.